The van der Waals surface area contributed by atoms with Crippen LogP contribution in [-0.2, 0) is 0 Å². The van der Waals surface area contributed by atoms with Gasteiger partial charge in [-0.25, -0.2) is 0 Å². The summed E-state index contributed by atoms with van der Waals surface area (Å²) in [4.78, 5) is 11.9. The third-order valence-electron chi connectivity index (χ3n) is 2.77. The van der Waals surface area contributed by atoms with E-state index in [0.29, 0.717) is 11.0 Å². The van der Waals surface area contributed by atoms with Crippen molar-refractivity contribution in [1.82, 2.24) is 0 Å². The van der Waals surface area contributed by atoms with Crippen molar-refractivity contribution in [1.29, 1.82) is 0 Å². The van der Waals surface area contributed by atoms with E-state index in [1.54, 1.807) is 0 Å². The van der Waals surface area contributed by atoms with Gasteiger partial charge in [-0.15, -0.1) is 0 Å². The highest BCUT2D eigenvalue weighted by atomic mass is 16.3. The number of fused-ring (bicyclic) bond motifs is 1. The molecule has 0 fully saturated rings. The van der Waals surface area contributed by atoms with E-state index >= 15 is 0 Å². The molecule has 3 aromatic rings. The lowest BCUT2D eigenvalue weighted by molar-refractivity contribution is 0.602. The Morgan fingerprint density at radius 3 is 2.47 bits per heavy atom. The molecule has 82 valence electrons. The molecular weight excluding hydrogens is 212 g/mol. The molecule has 0 atom stereocenters. The Bertz CT molecular complexity index is 706. The minimum absolute atomic E-state index is 0.00861. The smallest absolute Gasteiger partial charge is 0.193 e. The van der Waals surface area contributed by atoms with Crippen LogP contribution in [0.5, 0.6) is 0 Å². The average Bonchev–Trinajstić information content (AvgIpc) is 2.39. The molecule has 0 bridgehead atoms. The topological polar surface area (TPSA) is 30.2 Å². The van der Waals surface area contributed by atoms with Crippen LogP contribution in [0.3, 0.4) is 0 Å². The second-order valence-corrected chi connectivity index (χ2v) is 3.83. The average molecular weight is 222 g/mol. The van der Waals surface area contributed by atoms with Crippen LogP contribution < -0.4 is 5.43 Å². The van der Waals surface area contributed by atoms with Crippen molar-refractivity contribution in [3.63, 3.8) is 0 Å². The molecular formula is C15H10O2. The van der Waals surface area contributed by atoms with E-state index < -0.39 is 0 Å². The molecule has 0 saturated carbocycles. The summed E-state index contributed by atoms with van der Waals surface area (Å²) in [6, 6.07) is 16.9. The molecule has 0 aliphatic carbocycles. The molecule has 2 nitrogen and oxygen atoms in total. The highest BCUT2D eigenvalue weighted by Gasteiger charge is 2.07. The van der Waals surface area contributed by atoms with Crippen LogP contribution in [-0.4, -0.2) is 0 Å². The summed E-state index contributed by atoms with van der Waals surface area (Å²) in [7, 11) is 0. The number of hydrogen-bond donors (Lipinski definition) is 0. The molecule has 17 heavy (non-hydrogen) atoms. The molecule has 0 spiro atoms. The highest BCUT2D eigenvalue weighted by molar-refractivity contribution is 5.93. The second kappa shape index (κ2) is 3.91. The van der Waals surface area contributed by atoms with Crippen molar-refractivity contribution >= 4 is 11.0 Å². The summed E-state index contributed by atoms with van der Waals surface area (Å²) < 4.78 is 5.35. The summed E-state index contributed by atoms with van der Waals surface area (Å²) in [5, 5.41) is 0.640. The molecule has 0 amide bonds. The van der Waals surface area contributed by atoms with Crippen molar-refractivity contribution in [3.05, 3.63) is 71.1 Å². The van der Waals surface area contributed by atoms with E-state index in [1.807, 2.05) is 48.5 Å². The van der Waals surface area contributed by atoms with E-state index in [-0.39, 0.29) is 5.43 Å². The van der Waals surface area contributed by atoms with Crippen molar-refractivity contribution in [2.45, 2.75) is 0 Å². The zero-order valence-corrected chi connectivity index (χ0v) is 9.09. The van der Waals surface area contributed by atoms with E-state index in [9.17, 15) is 4.79 Å². The Balaban J connectivity index is 2.42. The fraction of sp³-hybridized carbons (Fsp3) is 0. The summed E-state index contributed by atoms with van der Waals surface area (Å²) in [6.07, 6.45) is 1.43. The third-order valence-corrected chi connectivity index (χ3v) is 2.77. The van der Waals surface area contributed by atoms with Gasteiger partial charge in [0.05, 0.1) is 11.6 Å². The van der Waals surface area contributed by atoms with Crippen LogP contribution in [0.4, 0.5) is 0 Å². The van der Waals surface area contributed by atoms with Gasteiger partial charge in [0.15, 0.2) is 5.43 Å². The normalized spacial score (nSPS) is 10.6. The monoisotopic (exact) mass is 222 g/mol. The van der Waals surface area contributed by atoms with Crippen LogP contribution in [0.2, 0.25) is 0 Å². The predicted molar refractivity (Wildman–Crippen MR) is 67.9 cm³/mol. The lowest BCUT2D eigenvalue weighted by Gasteiger charge is -2.04. The molecule has 0 unspecified atom stereocenters. The van der Waals surface area contributed by atoms with Gasteiger partial charge < -0.3 is 4.42 Å². The summed E-state index contributed by atoms with van der Waals surface area (Å²) in [5.41, 5.74) is 2.55. The first-order valence-electron chi connectivity index (χ1n) is 5.42. The fourth-order valence-corrected chi connectivity index (χ4v) is 1.99. The molecule has 0 aliphatic heterocycles. The molecule has 0 radical (unpaired) electrons. The standard InChI is InChI=1S/C15H10O2/c16-13-9-10-17-14-8-4-7-12(15(13)14)11-5-2-1-3-6-11/h1-10H. The first-order valence-corrected chi connectivity index (χ1v) is 5.42. The van der Waals surface area contributed by atoms with Gasteiger partial charge in [-0.3, -0.25) is 4.79 Å². The van der Waals surface area contributed by atoms with Crippen molar-refractivity contribution in [2.24, 2.45) is 0 Å². The van der Waals surface area contributed by atoms with Crippen LogP contribution in [0, 0.1) is 0 Å². The van der Waals surface area contributed by atoms with Gasteiger partial charge in [-0.2, -0.15) is 0 Å². The number of benzene rings is 2. The van der Waals surface area contributed by atoms with Crippen LogP contribution in [0.25, 0.3) is 22.1 Å². The Hall–Kier alpha value is -2.35. The van der Waals surface area contributed by atoms with Gasteiger partial charge in [-0.1, -0.05) is 42.5 Å². The van der Waals surface area contributed by atoms with E-state index in [0.717, 1.165) is 11.1 Å². The summed E-state index contributed by atoms with van der Waals surface area (Å²) >= 11 is 0. The number of rotatable bonds is 1. The largest absolute Gasteiger partial charge is 0.464 e. The Labute approximate surface area is 98.1 Å². The molecule has 2 heteroatoms. The van der Waals surface area contributed by atoms with Gasteiger partial charge in [0.2, 0.25) is 0 Å². The quantitative estimate of drug-likeness (QED) is 0.631. The Morgan fingerprint density at radius 1 is 0.824 bits per heavy atom. The van der Waals surface area contributed by atoms with Crippen molar-refractivity contribution < 1.29 is 4.42 Å². The minimum Gasteiger partial charge on any atom is -0.464 e. The predicted octanol–water partition coefficient (Wildman–Crippen LogP) is 3.46. The zero-order chi connectivity index (χ0) is 11.7. The second-order valence-electron chi connectivity index (χ2n) is 3.83. The van der Waals surface area contributed by atoms with Crippen LogP contribution in [0.1, 0.15) is 0 Å². The Morgan fingerprint density at radius 2 is 1.65 bits per heavy atom. The van der Waals surface area contributed by atoms with Crippen LogP contribution in [0.15, 0.2) is 70.1 Å². The van der Waals surface area contributed by atoms with Gasteiger partial charge in [0, 0.05) is 6.07 Å². The first-order chi connectivity index (χ1) is 8.36. The van der Waals surface area contributed by atoms with Gasteiger partial charge in [0.1, 0.15) is 5.58 Å². The fourth-order valence-electron chi connectivity index (χ4n) is 1.99. The lowest BCUT2D eigenvalue weighted by atomic mass is 10.0. The first kappa shape index (κ1) is 9.85. The third kappa shape index (κ3) is 1.64. The molecule has 0 N–H and O–H groups in total. The molecule has 1 heterocycles. The SMILES string of the molecule is O=c1ccoc2cccc(-c3ccccc3)c12. The maximum absolute atomic E-state index is 11.9. The van der Waals surface area contributed by atoms with Crippen molar-refractivity contribution in [2.75, 3.05) is 0 Å². The summed E-state index contributed by atoms with van der Waals surface area (Å²) in [6.45, 7) is 0. The highest BCUT2D eigenvalue weighted by Crippen LogP contribution is 2.25. The van der Waals surface area contributed by atoms with Crippen molar-refractivity contribution in [3.8, 4) is 11.1 Å². The molecule has 0 saturated heterocycles. The van der Waals surface area contributed by atoms with E-state index in [4.69, 9.17) is 4.42 Å². The van der Waals surface area contributed by atoms with Gasteiger partial charge >= 0.3 is 0 Å². The minimum atomic E-state index is -0.00861. The van der Waals surface area contributed by atoms with Gasteiger partial charge in [-0.05, 0) is 17.2 Å². The zero-order valence-electron chi connectivity index (χ0n) is 9.09. The van der Waals surface area contributed by atoms with E-state index in [1.165, 1.54) is 12.3 Å². The van der Waals surface area contributed by atoms with Crippen LogP contribution >= 0.6 is 0 Å². The Kier molecular flexibility index (Phi) is 2.26. The summed E-state index contributed by atoms with van der Waals surface area (Å²) in [5.74, 6) is 0. The molecule has 0 aliphatic rings. The maximum atomic E-state index is 11.9. The number of hydrogen-bond acceptors (Lipinski definition) is 2. The van der Waals surface area contributed by atoms with Gasteiger partial charge in [0.25, 0.3) is 0 Å². The molecule has 1 aromatic heterocycles. The lowest BCUT2D eigenvalue weighted by Crippen LogP contribution is -1.99. The molecule has 2 aromatic carbocycles. The van der Waals surface area contributed by atoms with E-state index in [2.05, 4.69) is 0 Å². The maximum Gasteiger partial charge on any atom is 0.193 e. The molecule has 3 rings (SSSR count).